The fourth-order valence-corrected chi connectivity index (χ4v) is 4.83. The number of nitrogens with zero attached hydrogens (tertiary/aromatic N) is 3. The Morgan fingerprint density at radius 3 is 3.14 bits per heavy atom. The number of methoxy groups -OCH3 is 1. The maximum atomic E-state index is 12.7. The number of amides is 1. The van der Waals surface area contributed by atoms with Gasteiger partial charge in [0.25, 0.3) is 0 Å². The Morgan fingerprint density at radius 1 is 1.38 bits per heavy atom. The molecule has 0 bridgehead atoms. The summed E-state index contributed by atoms with van der Waals surface area (Å²) >= 11 is 1.52. The average molecular weight is 416 g/mol. The van der Waals surface area contributed by atoms with Gasteiger partial charge in [0.05, 0.1) is 30.8 Å². The van der Waals surface area contributed by atoms with Crippen molar-refractivity contribution in [2.45, 2.75) is 32.4 Å². The Balaban J connectivity index is 1.42. The van der Waals surface area contributed by atoms with E-state index in [1.54, 1.807) is 12.6 Å². The lowest BCUT2D eigenvalue weighted by Gasteiger charge is -2.32. The van der Waals surface area contributed by atoms with Crippen LogP contribution in [0.4, 0.5) is 0 Å². The molecular weight excluding hydrogens is 386 g/mol. The summed E-state index contributed by atoms with van der Waals surface area (Å²) in [5, 5.41) is 1.94. The van der Waals surface area contributed by atoms with Crippen LogP contribution in [0.5, 0.6) is 5.75 Å². The predicted octanol–water partition coefficient (Wildman–Crippen LogP) is 2.97. The van der Waals surface area contributed by atoms with Crippen molar-refractivity contribution < 1.29 is 14.3 Å². The Morgan fingerprint density at radius 2 is 2.31 bits per heavy atom. The highest BCUT2D eigenvalue weighted by atomic mass is 32.1. The number of piperidine rings is 1. The summed E-state index contributed by atoms with van der Waals surface area (Å²) in [5.41, 5.74) is 4.99. The number of rotatable bonds is 6. The lowest BCUT2D eigenvalue weighted by atomic mass is 9.98. The van der Waals surface area contributed by atoms with Crippen LogP contribution < -0.4 is 4.74 Å². The van der Waals surface area contributed by atoms with Gasteiger partial charge in [-0.3, -0.25) is 9.69 Å². The van der Waals surface area contributed by atoms with Crippen LogP contribution in [0.25, 0.3) is 0 Å². The number of ether oxygens (including phenoxy) is 2. The van der Waals surface area contributed by atoms with Crippen LogP contribution in [0.15, 0.2) is 29.1 Å². The van der Waals surface area contributed by atoms with Crippen LogP contribution in [0.2, 0.25) is 0 Å². The van der Waals surface area contributed by atoms with Gasteiger partial charge < -0.3 is 14.4 Å². The number of aromatic nitrogens is 1. The van der Waals surface area contributed by atoms with Crippen molar-refractivity contribution in [1.82, 2.24) is 14.8 Å². The van der Waals surface area contributed by atoms with Crippen LogP contribution in [0.3, 0.4) is 0 Å². The van der Waals surface area contributed by atoms with Crippen molar-refractivity contribution in [3.63, 3.8) is 0 Å². The third-order valence-electron chi connectivity index (χ3n) is 5.69. The van der Waals surface area contributed by atoms with Crippen molar-refractivity contribution in [2.24, 2.45) is 5.92 Å². The van der Waals surface area contributed by atoms with Gasteiger partial charge in [-0.1, -0.05) is 6.07 Å². The zero-order chi connectivity index (χ0) is 20.1. The molecule has 3 heterocycles. The molecule has 2 aromatic rings. The molecule has 7 heteroatoms. The molecule has 156 valence electrons. The second kappa shape index (κ2) is 9.69. The van der Waals surface area contributed by atoms with Gasteiger partial charge in [-0.25, -0.2) is 4.98 Å². The molecule has 1 aromatic heterocycles. The Hall–Kier alpha value is -1.96. The molecule has 0 radical (unpaired) electrons. The third-order valence-corrected chi connectivity index (χ3v) is 6.32. The zero-order valence-electron chi connectivity index (χ0n) is 17.0. The summed E-state index contributed by atoms with van der Waals surface area (Å²) in [4.78, 5) is 21.4. The molecule has 1 amide bonds. The van der Waals surface area contributed by atoms with Crippen molar-refractivity contribution in [3.05, 3.63) is 45.9 Å². The minimum atomic E-state index is 0.108. The molecule has 1 saturated heterocycles. The smallest absolute Gasteiger partial charge is 0.229 e. The summed E-state index contributed by atoms with van der Waals surface area (Å²) in [7, 11) is 1.78. The molecule has 4 rings (SSSR count). The van der Waals surface area contributed by atoms with Crippen molar-refractivity contribution in [1.29, 1.82) is 0 Å². The monoisotopic (exact) mass is 415 g/mol. The molecule has 0 spiro atoms. The maximum Gasteiger partial charge on any atom is 0.229 e. The summed E-state index contributed by atoms with van der Waals surface area (Å²) in [6.07, 6.45) is 2.83. The van der Waals surface area contributed by atoms with Gasteiger partial charge in [-0.2, -0.15) is 0 Å². The van der Waals surface area contributed by atoms with E-state index in [0.717, 1.165) is 43.2 Å². The Kier molecular flexibility index (Phi) is 6.79. The van der Waals surface area contributed by atoms with Gasteiger partial charge in [0.2, 0.25) is 5.91 Å². The molecular formula is C22H29N3O3S. The first-order valence-electron chi connectivity index (χ1n) is 10.3. The SMILES string of the molecule is COCC1CCCN(Cc2ccc3c(c2)CN(C(=O)Cc2cscn2)CCO3)C1. The maximum absolute atomic E-state index is 12.7. The molecule has 2 aliphatic rings. The van der Waals surface area contributed by atoms with E-state index in [1.807, 2.05) is 10.3 Å². The summed E-state index contributed by atoms with van der Waals surface area (Å²) in [6, 6.07) is 6.44. The summed E-state index contributed by atoms with van der Waals surface area (Å²) in [5.74, 6) is 1.63. The quantitative estimate of drug-likeness (QED) is 0.726. The van der Waals surface area contributed by atoms with E-state index in [4.69, 9.17) is 9.47 Å². The number of carbonyl (C=O) groups is 1. The van der Waals surface area contributed by atoms with Crippen molar-refractivity contribution in [3.8, 4) is 5.75 Å². The van der Waals surface area contributed by atoms with E-state index in [9.17, 15) is 4.79 Å². The minimum absolute atomic E-state index is 0.108. The molecule has 0 saturated carbocycles. The normalized spacial score (nSPS) is 20.0. The second-order valence-corrected chi connectivity index (χ2v) is 8.68. The lowest BCUT2D eigenvalue weighted by molar-refractivity contribution is -0.131. The van der Waals surface area contributed by atoms with Gasteiger partial charge in [-0.15, -0.1) is 11.3 Å². The molecule has 2 aliphatic heterocycles. The first-order chi connectivity index (χ1) is 14.2. The molecule has 1 aromatic carbocycles. The predicted molar refractivity (Wildman–Crippen MR) is 113 cm³/mol. The highest BCUT2D eigenvalue weighted by molar-refractivity contribution is 7.07. The number of hydrogen-bond donors (Lipinski definition) is 0. The molecule has 1 unspecified atom stereocenters. The number of benzene rings is 1. The molecule has 6 nitrogen and oxygen atoms in total. The molecule has 0 N–H and O–H groups in total. The fourth-order valence-electron chi connectivity index (χ4n) is 4.28. The van der Waals surface area contributed by atoms with Crippen LogP contribution >= 0.6 is 11.3 Å². The third kappa shape index (κ3) is 5.35. The minimum Gasteiger partial charge on any atom is -0.491 e. The molecule has 1 atom stereocenters. The van der Waals surface area contributed by atoms with Gasteiger partial charge in [0.1, 0.15) is 12.4 Å². The van der Waals surface area contributed by atoms with Crippen LogP contribution in [0.1, 0.15) is 29.7 Å². The van der Waals surface area contributed by atoms with E-state index in [-0.39, 0.29) is 5.91 Å². The molecule has 1 fully saturated rings. The fraction of sp³-hybridized carbons (Fsp3) is 0.545. The van der Waals surface area contributed by atoms with E-state index in [0.29, 0.717) is 32.0 Å². The van der Waals surface area contributed by atoms with E-state index < -0.39 is 0 Å². The van der Waals surface area contributed by atoms with Crippen molar-refractivity contribution in [2.75, 3.05) is 40.0 Å². The number of carbonyl (C=O) groups excluding carboxylic acids is 1. The highest BCUT2D eigenvalue weighted by Crippen LogP contribution is 2.26. The molecule has 0 aliphatic carbocycles. The van der Waals surface area contributed by atoms with E-state index in [2.05, 4.69) is 28.1 Å². The lowest BCUT2D eigenvalue weighted by Crippen LogP contribution is -2.36. The highest BCUT2D eigenvalue weighted by Gasteiger charge is 2.23. The summed E-state index contributed by atoms with van der Waals surface area (Å²) in [6.45, 7) is 5.72. The van der Waals surface area contributed by atoms with Crippen molar-refractivity contribution >= 4 is 17.2 Å². The van der Waals surface area contributed by atoms with E-state index in [1.165, 1.54) is 29.7 Å². The number of fused-ring (bicyclic) bond motifs is 1. The van der Waals surface area contributed by atoms with Gasteiger partial charge in [0, 0.05) is 37.7 Å². The number of thiazole rings is 1. The Bertz CT molecular complexity index is 810. The zero-order valence-corrected chi connectivity index (χ0v) is 17.8. The topological polar surface area (TPSA) is 54.9 Å². The van der Waals surface area contributed by atoms with Crippen LogP contribution in [0, 0.1) is 5.92 Å². The Labute approximate surface area is 176 Å². The average Bonchev–Trinajstić information content (AvgIpc) is 3.13. The van der Waals surface area contributed by atoms with E-state index >= 15 is 0 Å². The van der Waals surface area contributed by atoms with Gasteiger partial charge >= 0.3 is 0 Å². The van der Waals surface area contributed by atoms with Crippen LogP contribution in [-0.2, 0) is 29.0 Å². The van der Waals surface area contributed by atoms with Crippen LogP contribution in [-0.4, -0.2) is 60.6 Å². The number of likely N-dealkylation sites (tertiary alicyclic amines) is 1. The molecule has 29 heavy (non-hydrogen) atoms. The first-order valence-corrected chi connectivity index (χ1v) is 11.3. The second-order valence-electron chi connectivity index (χ2n) is 7.96. The number of hydrogen-bond acceptors (Lipinski definition) is 6. The summed E-state index contributed by atoms with van der Waals surface area (Å²) < 4.78 is 11.3. The largest absolute Gasteiger partial charge is 0.491 e. The van der Waals surface area contributed by atoms with Gasteiger partial charge in [-0.05, 0) is 43.0 Å². The first kappa shape index (κ1) is 20.3. The standard InChI is InChI=1S/C22H29N3O3S/c1-27-14-18-3-2-6-24(12-18)11-17-4-5-21-19(9-17)13-25(7-8-28-21)22(26)10-20-15-29-16-23-20/h4-5,9,15-16,18H,2-3,6-8,10-14H2,1H3. The van der Waals surface area contributed by atoms with Gasteiger partial charge in [0.15, 0.2) is 0 Å².